The molecule has 1 heterocycles. The highest BCUT2D eigenvalue weighted by molar-refractivity contribution is 14.0. The van der Waals surface area contributed by atoms with Crippen LogP contribution in [0.2, 0.25) is 0 Å². The summed E-state index contributed by atoms with van der Waals surface area (Å²) in [4.78, 5) is 6.77. The van der Waals surface area contributed by atoms with Gasteiger partial charge in [-0.1, -0.05) is 19.9 Å². The largest absolute Gasteiger partial charge is 0.390 e. The van der Waals surface area contributed by atoms with Crippen LogP contribution in [0, 0.1) is 0 Å². The first-order chi connectivity index (χ1) is 13.3. The summed E-state index contributed by atoms with van der Waals surface area (Å²) in [6.45, 7) is 12.4. The first-order valence-corrected chi connectivity index (χ1v) is 12.6. The minimum Gasteiger partial charge on any atom is -0.390 e. The number of aliphatic hydroxyl groups is 1. The zero-order chi connectivity index (χ0) is 21.0. The smallest absolute Gasteiger partial charge is 0.191 e. The Morgan fingerprint density at radius 2 is 2.00 bits per heavy atom. The molecular formula is C19H37IN4O3S2. The van der Waals surface area contributed by atoms with Gasteiger partial charge < -0.3 is 20.6 Å². The standard InChI is InChI=1S/C19H36N4O3S2.HI/c1-5-20-19(22-16(4)10-8-12-23(6-2)7-3)21-14-17(24)15-28(25,26)18-11-9-13-27-18;/h9,11,13,16-17,24H,5-8,10,12,14-15H2,1-4H3,(H2,20,21,22);1H. The maximum Gasteiger partial charge on any atom is 0.191 e. The van der Waals surface area contributed by atoms with Gasteiger partial charge in [-0.05, 0) is 57.8 Å². The Morgan fingerprint density at radius 1 is 1.31 bits per heavy atom. The van der Waals surface area contributed by atoms with Crippen LogP contribution in [-0.4, -0.2) is 75.0 Å². The van der Waals surface area contributed by atoms with Gasteiger partial charge in [0.05, 0.1) is 18.4 Å². The number of halogens is 1. The van der Waals surface area contributed by atoms with Crippen LogP contribution in [0.4, 0.5) is 0 Å². The third-order valence-corrected chi connectivity index (χ3v) is 7.69. The zero-order valence-corrected chi connectivity index (χ0v) is 21.9. The van der Waals surface area contributed by atoms with Crippen molar-refractivity contribution in [3.63, 3.8) is 0 Å². The number of rotatable bonds is 13. The number of aliphatic hydroxyl groups excluding tert-OH is 1. The van der Waals surface area contributed by atoms with E-state index in [0.29, 0.717) is 12.5 Å². The molecule has 1 aromatic heterocycles. The van der Waals surface area contributed by atoms with E-state index in [4.69, 9.17) is 0 Å². The molecule has 0 fully saturated rings. The highest BCUT2D eigenvalue weighted by atomic mass is 127. The topological polar surface area (TPSA) is 94.0 Å². The Labute approximate surface area is 197 Å². The van der Waals surface area contributed by atoms with Gasteiger partial charge in [0.1, 0.15) is 4.21 Å². The Kier molecular flexibility index (Phi) is 15.2. The lowest BCUT2D eigenvalue weighted by Crippen LogP contribution is -2.43. The molecule has 0 saturated carbocycles. The molecule has 0 amide bonds. The number of guanidine groups is 1. The van der Waals surface area contributed by atoms with Gasteiger partial charge in [-0.3, -0.25) is 4.99 Å². The highest BCUT2D eigenvalue weighted by Crippen LogP contribution is 2.18. The van der Waals surface area contributed by atoms with Crippen molar-refractivity contribution < 1.29 is 13.5 Å². The summed E-state index contributed by atoms with van der Waals surface area (Å²) >= 11 is 1.16. The van der Waals surface area contributed by atoms with Crippen molar-refractivity contribution in [2.45, 2.75) is 56.9 Å². The van der Waals surface area contributed by atoms with Crippen molar-refractivity contribution in [1.82, 2.24) is 15.5 Å². The second-order valence-electron chi connectivity index (χ2n) is 6.80. The van der Waals surface area contributed by atoms with E-state index in [0.717, 1.165) is 43.8 Å². The number of thiophene rings is 1. The van der Waals surface area contributed by atoms with Gasteiger partial charge in [0, 0.05) is 12.6 Å². The van der Waals surface area contributed by atoms with E-state index in [1.807, 2.05) is 6.92 Å². The van der Waals surface area contributed by atoms with Crippen LogP contribution < -0.4 is 10.6 Å². The van der Waals surface area contributed by atoms with Gasteiger partial charge in [0.15, 0.2) is 15.8 Å². The van der Waals surface area contributed by atoms with E-state index in [1.165, 1.54) is 0 Å². The molecule has 0 aliphatic carbocycles. The summed E-state index contributed by atoms with van der Waals surface area (Å²) in [6, 6.07) is 3.48. The quantitative estimate of drug-likeness (QED) is 0.195. The van der Waals surface area contributed by atoms with E-state index >= 15 is 0 Å². The van der Waals surface area contributed by atoms with Crippen LogP contribution in [0.15, 0.2) is 26.7 Å². The number of nitrogens with zero attached hydrogens (tertiary/aromatic N) is 2. The van der Waals surface area contributed by atoms with Crippen LogP contribution in [0.1, 0.15) is 40.5 Å². The minimum atomic E-state index is -3.47. The Balaban J connectivity index is 0.00000784. The van der Waals surface area contributed by atoms with E-state index in [2.05, 4.69) is 41.3 Å². The normalized spacial score (nSPS) is 14.3. The summed E-state index contributed by atoms with van der Waals surface area (Å²) in [5.41, 5.74) is 0. The molecule has 0 aliphatic rings. The van der Waals surface area contributed by atoms with E-state index < -0.39 is 15.9 Å². The lowest BCUT2D eigenvalue weighted by atomic mass is 10.2. The summed E-state index contributed by atoms with van der Waals surface area (Å²) in [5, 5.41) is 18.3. The molecule has 10 heteroatoms. The second kappa shape index (κ2) is 15.4. The van der Waals surface area contributed by atoms with Crippen molar-refractivity contribution >= 4 is 51.1 Å². The van der Waals surface area contributed by atoms with E-state index in [1.54, 1.807) is 17.5 Å². The maximum atomic E-state index is 12.2. The molecule has 1 rings (SSSR count). The second-order valence-corrected chi connectivity index (χ2v) is 10.0. The van der Waals surface area contributed by atoms with Gasteiger partial charge in [0.25, 0.3) is 0 Å². The lowest BCUT2D eigenvalue weighted by Gasteiger charge is -2.21. The van der Waals surface area contributed by atoms with Crippen molar-refractivity contribution in [2.75, 3.05) is 38.5 Å². The molecule has 0 aliphatic heterocycles. The van der Waals surface area contributed by atoms with Crippen molar-refractivity contribution in [2.24, 2.45) is 4.99 Å². The van der Waals surface area contributed by atoms with Crippen molar-refractivity contribution in [3.8, 4) is 0 Å². The number of nitrogens with one attached hydrogen (secondary N) is 2. The van der Waals surface area contributed by atoms with Crippen LogP contribution in [0.3, 0.4) is 0 Å². The summed E-state index contributed by atoms with van der Waals surface area (Å²) in [5.74, 6) is 0.279. The lowest BCUT2D eigenvalue weighted by molar-refractivity contribution is 0.206. The molecule has 0 aromatic carbocycles. The Morgan fingerprint density at radius 3 is 2.55 bits per heavy atom. The number of aliphatic imine (C=N–C) groups is 1. The molecule has 3 N–H and O–H groups in total. The van der Waals surface area contributed by atoms with Crippen molar-refractivity contribution in [1.29, 1.82) is 0 Å². The molecule has 0 bridgehead atoms. The van der Waals surface area contributed by atoms with Crippen molar-refractivity contribution in [3.05, 3.63) is 17.5 Å². The van der Waals surface area contributed by atoms with Crippen LogP contribution in [0.25, 0.3) is 0 Å². The molecule has 0 saturated heterocycles. The van der Waals surface area contributed by atoms with E-state index in [-0.39, 0.29) is 46.5 Å². The number of sulfone groups is 1. The van der Waals surface area contributed by atoms with Gasteiger partial charge in [-0.25, -0.2) is 8.42 Å². The van der Waals surface area contributed by atoms with Crippen LogP contribution in [0.5, 0.6) is 0 Å². The van der Waals surface area contributed by atoms with Gasteiger partial charge in [-0.2, -0.15) is 0 Å². The van der Waals surface area contributed by atoms with Gasteiger partial charge in [-0.15, -0.1) is 35.3 Å². The third-order valence-electron chi connectivity index (χ3n) is 4.41. The third kappa shape index (κ3) is 11.5. The fourth-order valence-electron chi connectivity index (χ4n) is 2.81. The molecular weight excluding hydrogens is 523 g/mol. The van der Waals surface area contributed by atoms with Crippen LogP contribution in [-0.2, 0) is 9.84 Å². The monoisotopic (exact) mass is 560 g/mol. The molecule has 2 atom stereocenters. The SMILES string of the molecule is CCNC(=NCC(O)CS(=O)(=O)c1cccs1)NC(C)CCCN(CC)CC.I. The molecule has 1 aromatic rings. The first kappa shape index (κ1) is 28.6. The summed E-state index contributed by atoms with van der Waals surface area (Å²) < 4.78 is 24.8. The van der Waals surface area contributed by atoms with Gasteiger partial charge in [0.2, 0.25) is 0 Å². The molecule has 170 valence electrons. The highest BCUT2D eigenvalue weighted by Gasteiger charge is 2.20. The Bertz CT molecular complexity index is 665. The average molecular weight is 561 g/mol. The fourth-order valence-corrected chi connectivity index (χ4v) is 5.28. The molecule has 7 nitrogen and oxygen atoms in total. The Hall–Kier alpha value is -0.430. The number of hydrogen-bond acceptors (Lipinski definition) is 6. The van der Waals surface area contributed by atoms with Gasteiger partial charge >= 0.3 is 0 Å². The molecule has 29 heavy (non-hydrogen) atoms. The molecule has 2 unspecified atom stereocenters. The number of hydrogen-bond donors (Lipinski definition) is 3. The predicted molar refractivity (Wildman–Crippen MR) is 133 cm³/mol. The average Bonchev–Trinajstić information content (AvgIpc) is 3.19. The van der Waals surface area contributed by atoms with Crippen LogP contribution >= 0.6 is 35.3 Å². The van der Waals surface area contributed by atoms with E-state index in [9.17, 15) is 13.5 Å². The minimum absolute atomic E-state index is 0. The molecule has 0 spiro atoms. The zero-order valence-electron chi connectivity index (χ0n) is 17.9. The predicted octanol–water partition coefficient (Wildman–Crippen LogP) is 2.57. The fraction of sp³-hybridized carbons (Fsp3) is 0.737. The molecule has 0 radical (unpaired) electrons. The summed E-state index contributed by atoms with van der Waals surface area (Å²) in [6.07, 6.45) is 1.06. The summed E-state index contributed by atoms with van der Waals surface area (Å²) in [7, 11) is -3.47. The first-order valence-electron chi connectivity index (χ1n) is 10.0. The maximum absolute atomic E-state index is 12.2.